The number of allylic oxidation sites excluding steroid dienone is 2. The number of carbonyl (C=O) groups excluding carboxylic acids is 2. The molecule has 0 aromatic rings. The van der Waals surface area contributed by atoms with E-state index in [9.17, 15) is 9.59 Å². The summed E-state index contributed by atoms with van der Waals surface area (Å²) >= 11 is 0. The van der Waals surface area contributed by atoms with Gasteiger partial charge in [-0.05, 0) is 23.7 Å². The van der Waals surface area contributed by atoms with E-state index < -0.39 is 0 Å². The van der Waals surface area contributed by atoms with Gasteiger partial charge in [-0.3, -0.25) is 9.59 Å². The first-order chi connectivity index (χ1) is 6.77. The molecule has 6 unspecified atom stereocenters. The lowest BCUT2D eigenvalue weighted by Gasteiger charge is -2.41. The van der Waals surface area contributed by atoms with E-state index in [4.69, 9.17) is 0 Å². The molecule has 0 spiro atoms. The zero-order valence-electron chi connectivity index (χ0n) is 7.85. The summed E-state index contributed by atoms with van der Waals surface area (Å²) in [5.41, 5.74) is 0. The van der Waals surface area contributed by atoms with Crippen LogP contribution in [0, 0.1) is 35.5 Å². The summed E-state index contributed by atoms with van der Waals surface area (Å²) in [4.78, 5) is 23.6. The first-order valence-electron chi connectivity index (χ1n) is 5.51. The molecular formula is C12H12O2. The monoisotopic (exact) mass is 188 g/mol. The van der Waals surface area contributed by atoms with Gasteiger partial charge in [-0.2, -0.15) is 0 Å². The zero-order chi connectivity index (χ0) is 9.45. The number of carbonyl (C=O) groups is 2. The highest BCUT2D eigenvalue weighted by atomic mass is 16.1. The third-order valence-corrected chi connectivity index (χ3v) is 4.93. The van der Waals surface area contributed by atoms with Crippen LogP contribution in [-0.4, -0.2) is 11.6 Å². The Labute approximate surface area is 82.4 Å². The van der Waals surface area contributed by atoms with Gasteiger partial charge in [-0.1, -0.05) is 12.2 Å². The molecule has 5 rings (SSSR count). The molecular weight excluding hydrogens is 176 g/mol. The largest absolute Gasteiger partial charge is 0.299 e. The highest BCUT2D eigenvalue weighted by Gasteiger charge is 2.64. The van der Waals surface area contributed by atoms with Gasteiger partial charge in [0.2, 0.25) is 0 Å². The second-order valence-electron chi connectivity index (χ2n) is 5.26. The summed E-state index contributed by atoms with van der Waals surface area (Å²) < 4.78 is 0. The van der Waals surface area contributed by atoms with Crippen LogP contribution in [0.3, 0.4) is 0 Å². The molecule has 0 aliphatic heterocycles. The lowest BCUT2D eigenvalue weighted by Crippen LogP contribution is -2.40. The molecule has 6 atom stereocenters. The molecule has 0 amide bonds. The Kier molecular flexibility index (Phi) is 1.07. The van der Waals surface area contributed by atoms with Crippen molar-refractivity contribution in [3.05, 3.63) is 12.2 Å². The van der Waals surface area contributed by atoms with Crippen LogP contribution in [0.2, 0.25) is 0 Å². The van der Waals surface area contributed by atoms with Crippen molar-refractivity contribution < 1.29 is 9.59 Å². The van der Waals surface area contributed by atoms with E-state index in [1.54, 1.807) is 0 Å². The molecule has 3 saturated carbocycles. The predicted octanol–water partition coefficient (Wildman–Crippen LogP) is 1.21. The van der Waals surface area contributed by atoms with E-state index >= 15 is 0 Å². The fourth-order valence-electron chi connectivity index (χ4n) is 4.51. The first-order valence-corrected chi connectivity index (χ1v) is 5.51. The minimum atomic E-state index is 0.0845. The summed E-state index contributed by atoms with van der Waals surface area (Å²) in [6, 6.07) is 0. The average molecular weight is 188 g/mol. The fraction of sp³-hybridized carbons (Fsp3) is 0.667. The molecule has 0 heterocycles. The van der Waals surface area contributed by atoms with Gasteiger partial charge in [0.15, 0.2) is 0 Å². The molecule has 0 N–H and O–H groups in total. The summed E-state index contributed by atoms with van der Waals surface area (Å²) in [6.07, 6.45) is 5.95. The highest BCUT2D eigenvalue weighted by Crippen LogP contribution is 2.62. The maximum Gasteiger partial charge on any atom is 0.137 e. The van der Waals surface area contributed by atoms with Crippen molar-refractivity contribution in [1.82, 2.24) is 0 Å². The fourth-order valence-corrected chi connectivity index (χ4v) is 4.51. The van der Waals surface area contributed by atoms with Crippen molar-refractivity contribution in [3.8, 4) is 0 Å². The maximum absolute atomic E-state index is 11.8. The molecule has 0 aromatic carbocycles. The molecule has 6 bridgehead atoms. The van der Waals surface area contributed by atoms with Gasteiger partial charge >= 0.3 is 0 Å². The summed E-state index contributed by atoms with van der Waals surface area (Å²) in [7, 11) is 0. The third kappa shape index (κ3) is 0.579. The van der Waals surface area contributed by atoms with Crippen molar-refractivity contribution in [1.29, 1.82) is 0 Å². The number of hydrogen-bond donors (Lipinski definition) is 0. The Hall–Kier alpha value is -0.920. The van der Waals surface area contributed by atoms with Crippen LogP contribution in [0.4, 0.5) is 0 Å². The van der Waals surface area contributed by atoms with Crippen LogP contribution < -0.4 is 0 Å². The van der Waals surface area contributed by atoms with Crippen LogP contribution in [-0.2, 0) is 9.59 Å². The minimum Gasteiger partial charge on any atom is -0.299 e. The average Bonchev–Trinajstić information content (AvgIpc) is 2.61. The number of rotatable bonds is 0. The van der Waals surface area contributed by atoms with Crippen LogP contribution in [0.1, 0.15) is 12.8 Å². The summed E-state index contributed by atoms with van der Waals surface area (Å²) in [6.45, 7) is 0. The molecule has 5 aliphatic carbocycles. The van der Waals surface area contributed by atoms with Crippen LogP contribution in [0.25, 0.3) is 0 Å². The molecule has 3 fully saturated rings. The van der Waals surface area contributed by atoms with Crippen LogP contribution >= 0.6 is 0 Å². The van der Waals surface area contributed by atoms with Crippen LogP contribution in [0.15, 0.2) is 12.2 Å². The molecule has 0 saturated heterocycles. The van der Waals surface area contributed by atoms with Gasteiger partial charge in [-0.15, -0.1) is 0 Å². The highest BCUT2D eigenvalue weighted by molar-refractivity contribution is 5.96. The van der Waals surface area contributed by atoms with Crippen molar-refractivity contribution >= 4 is 11.6 Å². The Balaban J connectivity index is 1.97. The molecule has 2 heteroatoms. The first kappa shape index (κ1) is 7.38. The zero-order valence-corrected chi connectivity index (χ0v) is 7.85. The summed E-state index contributed by atoms with van der Waals surface area (Å²) in [5.74, 6) is 2.80. The standard InChI is InChI=1S/C12H12O2/c13-9-3-7-5-1-2-6-8(7)4-10(14)12(6)11(5)9/h1-2,5-8,11-12H,3-4H2. The normalized spacial score (nSPS) is 57.4. The second-order valence-corrected chi connectivity index (χ2v) is 5.26. The van der Waals surface area contributed by atoms with Crippen molar-refractivity contribution in [3.63, 3.8) is 0 Å². The lowest BCUT2D eigenvalue weighted by atomic mass is 9.61. The Bertz CT molecular complexity index is 346. The molecule has 2 nitrogen and oxygen atoms in total. The van der Waals surface area contributed by atoms with Crippen molar-refractivity contribution in [2.75, 3.05) is 0 Å². The van der Waals surface area contributed by atoms with E-state index in [1.807, 2.05) is 0 Å². The Morgan fingerprint density at radius 1 is 0.857 bits per heavy atom. The molecule has 0 radical (unpaired) electrons. The Morgan fingerprint density at radius 3 is 1.71 bits per heavy atom. The maximum atomic E-state index is 11.8. The Morgan fingerprint density at radius 2 is 1.29 bits per heavy atom. The van der Waals surface area contributed by atoms with E-state index in [0.29, 0.717) is 35.2 Å². The molecule has 14 heavy (non-hydrogen) atoms. The third-order valence-electron chi connectivity index (χ3n) is 4.93. The molecule has 72 valence electrons. The number of hydrogen-bond acceptors (Lipinski definition) is 2. The van der Waals surface area contributed by atoms with Crippen molar-refractivity contribution in [2.45, 2.75) is 12.8 Å². The van der Waals surface area contributed by atoms with Gasteiger partial charge in [-0.25, -0.2) is 0 Å². The molecule has 0 aromatic heterocycles. The van der Waals surface area contributed by atoms with Crippen LogP contribution in [0.5, 0.6) is 0 Å². The van der Waals surface area contributed by atoms with Crippen molar-refractivity contribution in [2.24, 2.45) is 35.5 Å². The van der Waals surface area contributed by atoms with E-state index in [2.05, 4.69) is 12.2 Å². The van der Waals surface area contributed by atoms with Gasteiger partial charge in [0.1, 0.15) is 11.6 Å². The predicted molar refractivity (Wildman–Crippen MR) is 49.3 cm³/mol. The van der Waals surface area contributed by atoms with E-state index in [0.717, 1.165) is 12.8 Å². The van der Waals surface area contributed by atoms with E-state index in [-0.39, 0.29) is 11.8 Å². The number of ketones is 2. The topological polar surface area (TPSA) is 34.1 Å². The lowest BCUT2D eigenvalue weighted by molar-refractivity contribution is -0.130. The summed E-state index contributed by atoms with van der Waals surface area (Å²) in [5, 5.41) is 0. The smallest absolute Gasteiger partial charge is 0.137 e. The molecule has 5 aliphatic rings. The van der Waals surface area contributed by atoms with Gasteiger partial charge in [0.25, 0.3) is 0 Å². The van der Waals surface area contributed by atoms with Gasteiger partial charge in [0, 0.05) is 24.7 Å². The SMILES string of the molecule is O=C1CC2C3C=CC4C2CC(=O)C4C13. The minimum absolute atomic E-state index is 0.0845. The second kappa shape index (κ2) is 2.02. The van der Waals surface area contributed by atoms with E-state index in [1.165, 1.54) is 0 Å². The quantitative estimate of drug-likeness (QED) is 0.535. The van der Waals surface area contributed by atoms with Gasteiger partial charge < -0.3 is 0 Å². The number of Topliss-reactive ketones (excluding diaryl/α,β-unsaturated/α-hetero) is 2. The van der Waals surface area contributed by atoms with Gasteiger partial charge in [0.05, 0.1) is 0 Å².